The number of carbonyl (C=O) groups excluding carboxylic acids is 1. The molecule has 0 saturated carbocycles. The second-order valence-electron chi connectivity index (χ2n) is 8.59. The van der Waals surface area contributed by atoms with Crippen LogP contribution in [0.4, 0.5) is 20.6 Å². The Hall–Kier alpha value is -2.51. The Morgan fingerprint density at radius 2 is 2.25 bits per heavy atom. The van der Waals surface area contributed by atoms with E-state index in [-0.39, 0.29) is 29.2 Å². The van der Waals surface area contributed by atoms with Crippen molar-refractivity contribution in [2.24, 2.45) is 0 Å². The Bertz CT molecular complexity index is 1070. The minimum atomic E-state index is -0.704. The molecule has 2 aromatic heterocycles. The Morgan fingerprint density at radius 3 is 2.88 bits per heavy atom. The number of piperidine rings is 1. The number of fused-ring (bicyclic) bond motifs is 1. The van der Waals surface area contributed by atoms with Gasteiger partial charge < -0.3 is 20.7 Å². The Morgan fingerprint density at radius 1 is 1.53 bits per heavy atom. The van der Waals surface area contributed by atoms with Crippen molar-refractivity contribution in [2.75, 3.05) is 23.9 Å². The fourth-order valence-corrected chi connectivity index (χ4v) is 4.36. The van der Waals surface area contributed by atoms with E-state index >= 15 is 0 Å². The number of amides is 1. The third-order valence-electron chi connectivity index (χ3n) is 5.15. The third kappa shape index (κ3) is 5.10. The summed E-state index contributed by atoms with van der Waals surface area (Å²) < 4.78 is 20.1. The molecular weight excluding hydrogens is 455 g/mol. The number of aromatic nitrogens is 2. The number of pyridine rings is 2. The zero-order valence-corrected chi connectivity index (χ0v) is 20.0. The van der Waals surface area contributed by atoms with Crippen LogP contribution < -0.4 is 11.1 Å². The third-order valence-corrected chi connectivity index (χ3v) is 6.11. The van der Waals surface area contributed by atoms with Crippen LogP contribution >= 0.6 is 23.4 Å². The standard InChI is InChI=1S/C21H26ClFN6O2S/c1-21(2,3)31-20(30)29-8-6-11(9-12(29)5-7-24)27-17-13-10-26-18(22)14(23)16(13)28-19(32-4)15(17)25/h10-12H,5-6,8-9,25H2,1-4H3,(H,27,28)/t11-,12+/m0/s1. The Kier molecular flexibility index (Phi) is 7.20. The normalized spacial score (nSPS) is 19.0. The van der Waals surface area contributed by atoms with Crippen LogP contribution in [0.1, 0.15) is 40.0 Å². The molecule has 1 aliphatic rings. The molecule has 32 heavy (non-hydrogen) atoms. The van der Waals surface area contributed by atoms with Crippen molar-refractivity contribution in [3.63, 3.8) is 0 Å². The summed E-state index contributed by atoms with van der Waals surface area (Å²) in [6, 6.07) is 1.73. The molecule has 0 spiro atoms. The first kappa shape index (κ1) is 24.1. The maximum Gasteiger partial charge on any atom is 0.410 e. The van der Waals surface area contributed by atoms with E-state index < -0.39 is 17.5 Å². The van der Waals surface area contributed by atoms with Crippen molar-refractivity contribution in [1.82, 2.24) is 14.9 Å². The number of nitrogens with one attached hydrogen (secondary N) is 1. The first-order chi connectivity index (χ1) is 15.1. The lowest BCUT2D eigenvalue weighted by Gasteiger charge is -2.39. The van der Waals surface area contributed by atoms with Gasteiger partial charge >= 0.3 is 6.09 Å². The summed E-state index contributed by atoms with van der Waals surface area (Å²) in [5, 5.41) is 13.3. The van der Waals surface area contributed by atoms with Gasteiger partial charge in [-0.05, 0) is 39.9 Å². The predicted octanol–water partition coefficient (Wildman–Crippen LogP) is 4.82. The largest absolute Gasteiger partial charge is 0.444 e. The quantitative estimate of drug-likeness (QED) is 0.472. The number of ether oxygens (including phenoxy) is 1. The number of thioether (sulfide) groups is 1. The van der Waals surface area contributed by atoms with E-state index in [0.29, 0.717) is 41.2 Å². The number of hydrogen-bond acceptors (Lipinski definition) is 8. The maximum atomic E-state index is 14.6. The van der Waals surface area contributed by atoms with Crippen molar-refractivity contribution >= 4 is 51.7 Å². The zero-order chi connectivity index (χ0) is 23.6. The van der Waals surface area contributed by atoms with E-state index in [4.69, 9.17) is 22.1 Å². The summed E-state index contributed by atoms with van der Waals surface area (Å²) in [5.74, 6) is -0.704. The lowest BCUT2D eigenvalue weighted by molar-refractivity contribution is 0.00954. The minimum absolute atomic E-state index is 0.0887. The van der Waals surface area contributed by atoms with Gasteiger partial charge in [0, 0.05) is 30.2 Å². The molecule has 3 N–H and O–H groups in total. The number of nitriles is 1. The molecule has 172 valence electrons. The van der Waals surface area contributed by atoms with E-state index in [1.54, 1.807) is 31.9 Å². The molecule has 3 heterocycles. The second kappa shape index (κ2) is 9.55. The molecule has 2 atom stereocenters. The number of rotatable bonds is 4. The fourth-order valence-electron chi connectivity index (χ4n) is 3.72. The molecule has 0 radical (unpaired) electrons. The molecule has 3 rings (SSSR count). The summed E-state index contributed by atoms with van der Waals surface area (Å²) in [7, 11) is 0. The van der Waals surface area contributed by atoms with Crippen LogP contribution in [-0.4, -0.2) is 51.4 Å². The van der Waals surface area contributed by atoms with Gasteiger partial charge in [0.05, 0.1) is 23.9 Å². The number of nitrogens with two attached hydrogens (primary N) is 1. The molecule has 0 unspecified atom stereocenters. The number of nitrogen functional groups attached to an aromatic ring is 1. The van der Waals surface area contributed by atoms with Crippen molar-refractivity contribution in [1.29, 1.82) is 5.26 Å². The minimum Gasteiger partial charge on any atom is -0.444 e. The fraction of sp³-hybridized carbons (Fsp3) is 0.524. The smallest absolute Gasteiger partial charge is 0.410 e. The summed E-state index contributed by atoms with van der Waals surface area (Å²) in [6.45, 7) is 5.82. The van der Waals surface area contributed by atoms with Gasteiger partial charge in [-0.2, -0.15) is 5.26 Å². The van der Waals surface area contributed by atoms with Crippen molar-refractivity contribution in [3.8, 4) is 6.07 Å². The van der Waals surface area contributed by atoms with Crippen LogP contribution in [-0.2, 0) is 4.74 Å². The average Bonchev–Trinajstić information content (AvgIpc) is 2.71. The van der Waals surface area contributed by atoms with Gasteiger partial charge in [-0.3, -0.25) is 0 Å². The highest BCUT2D eigenvalue weighted by Crippen LogP contribution is 2.38. The predicted molar refractivity (Wildman–Crippen MR) is 124 cm³/mol. The van der Waals surface area contributed by atoms with Crippen LogP contribution in [0, 0.1) is 17.1 Å². The van der Waals surface area contributed by atoms with Gasteiger partial charge in [-0.1, -0.05) is 11.6 Å². The molecule has 0 aliphatic carbocycles. The van der Waals surface area contributed by atoms with Gasteiger partial charge in [0.25, 0.3) is 0 Å². The van der Waals surface area contributed by atoms with Crippen LogP contribution in [0.15, 0.2) is 11.2 Å². The van der Waals surface area contributed by atoms with Gasteiger partial charge in [0.1, 0.15) is 16.1 Å². The summed E-state index contributed by atoms with van der Waals surface area (Å²) in [6.07, 6.45) is 4.09. The number of likely N-dealkylation sites (tertiary alicyclic amines) is 1. The lowest BCUT2D eigenvalue weighted by Crippen LogP contribution is -2.50. The topological polar surface area (TPSA) is 117 Å². The van der Waals surface area contributed by atoms with E-state index in [0.717, 1.165) is 0 Å². The zero-order valence-electron chi connectivity index (χ0n) is 18.4. The SMILES string of the molecule is CSc1nc2c(F)c(Cl)ncc2c(N[C@H]2CCN(C(=O)OC(C)(C)C)[C@H](CC#N)C2)c1N. The van der Waals surface area contributed by atoms with Gasteiger partial charge in [-0.15, -0.1) is 11.8 Å². The highest BCUT2D eigenvalue weighted by Gasteiger charge is 2.34. The van der Waals surface area contributed by atoms with Crippen LogP contribution in [0.25, 0.3) is 10.9 Å². The van der Waals surface area contributed by atoms with E-state index in [2.05, 4.69) is 21.4 Å². The van der Waals surface area contributed by atoms with Crippen molar-refractivity contribution in [2.45, 2.75) is 62.7 Å². The molecule has 1 fully saturated rings. The van der Waals surface area contributed by atoms with Gasteiger partial charge in [0.15, 0.2) is 11.0 Å². The molecule has 0 bridgehead atoms. The second-order valence-corrected chi connectivity index (χ2v) is 9.74. The van der Waals surface area contributed by atoms with Crippen molar-refractivity contribution < 1.29 is 13.9 Å². The molecule has 11 heteroatoms. The average molecular weight is 481 g/mol. The first-order valence-corrected chi connectivity index (χ1v) is 11.8. The number of nitrogens with zero attached hydrogens (tertiary/aromatic N) is 4. The Labute approximate surface area is 195 Å². The summed E-state index contributed by atoms with van der Waals surface area (Å²) >= 11 is 7.15. The monoisotopic (exact) mass is 480 g/mol. The highest BCUT2D eigenvalue weighted by molar-refractivity contribution is 7.98. The molecule has 1 saturated heterocycles. The summed E-state index contributed by atoms with van der Waals surface area (Å²) in [5.41, 5.74) is 6.71. The molecule has 1 amide bonds. The van der Waals surface area contributed by atoms with Crippen LogP contribution in [0.5, 0.6) is 0 Å². The number of halogens is 2. The van der Waals surface area contributed by atoms with E-state index in [1.807, 2.05) is 0 Å². The number of hydrogen-bond donors (Lipinski definition) is 2. The molecule has 0 aromatic carbocycles. The van der Waals surface area contributed by atoms with E-state index in [1.165, 1.54) is 18.0 Å². The molecular formula is C21H26ClFN6O2S. The van der Waals surface area contributed by atoms with Gasteiger partial charge in [-0.25, -0.2) is 19.2 Å². The molecule has 8 nitrogen and oxygen atoms in total. The number of anilines is 2. The number of carbonyl (C=O) groups is 1. The van der Waals surface area contributed by atoms with Crippen LogP contribution in [0.2, 0.25) is 5.15 Å². The van der Waals surface area contributed by atoms with Crippen LogP contribution in [0.3, 0.4) is 0 Å². The Balaban J connectivity index is 1.90. The lowest BCUT2D eigenvalue weighted by atomic mass is 9.95. The highest BCUT2D eigenvalue weighted by atomic mass is 35.5. The van der Waals surface area contributed by atoms with Gasteiger partial charge in [0.2, 0.25) is 0 Å². The maximum absolute atomic E-state index is 14.6. The molecule has 2 aromatic rings. The van der Waals surface area contributed by atoms with Crippen molar-refractivity contribution in [3.05, 3.63) is 17.2 Å². The molecule has 1 aliphatic heterocycles. The van der Waals surface area contributed by atoms with E-state index in [9.17, 15) is 14.4 Å². The first-order valence-electron chi connectivity index (χ1n) is 10.2. The summed E-state index contributed by atoms with van der Waals surface area (Å²) in [4.78, 5) is 22.4.